The number of aromatic nitrogens is 3. The second-order valence-corrected chi connectivity index (χ2v) is 33.4. The van der Waals surface area contributed by atoms with Crippen molar-refractivity contribution < 1.29 is 37.8 Å². The van der Waals surface area contributed by atoms with Crippen LogP contribution in [-0.4, -0.2) is 133 Å². The molecular weight excluding hydrogens is 1660 g/mol. The number of carbonyl (C=O) groups excluding carboxylic acids is 3. The van der Waals surface area contributed by atoms with E-state index in [9.17, 15) is 47.8 Å². The number of nitrogens with two attached hydrogens (primary N) is 1. The van der Waals surface area contributed by atoms with Crippen LogP contribution in [0.5, 0.6) is 11.5 Å². The molecule has 0 bridgehead atoms. The number of fused-ring (bicyclic) bond motifs is 3. The van der Waals surface area contributed by atoms with Crippen molar-refractivity contribution >= 4 is 125 Å². The SMILES string of the molecule is [C-]#[N+]c1c(N2CCN(C(=O)C=C)C[C@@H]2C)c2cc(Cl)c(-c3cc(F)ccc3N)cc2n(-c2ccccc2C(C)C)c1=O.[C-]#[N+]c1c(N2CCN(C(=O)C=C)C[C@@H]2C)c2cc(Cl)c(-c3cc(F)ccc3O)cc2n(-c2ccccc2C(C)C)c1=O.[C-]#[N+]c1c(N2CCN(C(=O)C=C)C[C@@H]2C)c2cc(Cl)c(-c3cccc(O)c3F)cc2n(-c2ccccc2C(C)C)c1=O. The van der Waals surface area contributed by atoms with Crippen LogP contribution in [0.4, 0.5) is 53.0 Å². The van der Waals surface area contributed by atoms with Crippen LogP contribution >= 0.6 is 34.8 Å². The second-order valence-electron chi connectivity index (χ2n) is 32.2. The summed E-state index contributed by atoms with van der Waals surface area (Å²) in [4.78, 5) is 102. The molecule has 0 spiro atoms. The molecule has 3 aliphatic rings. The number of amides is 3. The molecule has 0 radical (unpaired) electrons. The van der Waals surface area contributed by atoms with Gasteiger partial charge in [0.15, 0.2) is 11.6 Å². The summed E-state index contributed by atoms with van der Waals surface area (Å²) in [7, 11) is 0. The maximum absolute atomic E-state index is 15.1. The molecule has 126 heavy (non-hydrogen) atoms. The third-order valence-electron chi connectivity index (χ3n) is 23.4. The molecule has 642 valence electrons. The van der Waals surface area contributed by atoms with Crippen molar-refractivity contribution in [1.29, 1.82) is 0 Å². The molecule has 0 unspecified atom stereocenters. The van der Waals surface area contributed by atoms with Crippen LogP contribution in [0.25, 0.3) is 97.7 Å². The summed E-state index contributed by atoms with van der Waals surface area (Å²) < 4.78 is 48.4. The lowest BCUT2D eigenvalue weighted by Gasteiger charge is -2.42. The lowest BCUT2D eigenvalue weighted by atomic mass is 9.97. The first-order chi connectivity index (χ1) is 60.2. The number of para-hydroxylation sites is 3. The number of hydrogen-bond donors (Lipinski definition) is 3. The predicted molar refractivity (Wildman–Crippen MR) is 499 cm³/mol. The zero-order chi connectivity index (χ0) is 90.9. The van der Waals surface area contributed by atoms with Crippen LogP contribution in [0.15, 0.2) is 216 Å². The summed E-state index contributed by atoms with van der Waals surface area (Å²) in [5.41, 5.74) is 14.0. The number of piperazine rings is 3. The summed E-state index contributed by atoms with van der Waals surface area (Å²) in [6.45, 7) is 56.6. The van der Waals surface area contributed by atoms with Crippen LogP contribution in [0.1, 0.15) is 96.8 Å². The molecule has 3 aliphatic heterocycles. The monoisotopic (exact) mass is 1750 g/mol. The van der Waals surface area contributed by atoms with E-state index >= 15 is 4.39 Å². The molecule has 4 N–H and O–H groups in total. The molecule has 0 aliphatic carbocycles. The van der Waals surface area contributed by atoms with Gasteiger partial charge in [-0.15, -0.1) is 0 Å². The number of pyridine rings is 3. The number of nitrogen functional groups attached to an aromatic ring is 1. The Labute approximate surface area is 742 Å². The largest absolute Gasteiger partial charge is 0.507 e. The van der Waals surface area contributed by atoms with Gasteiger partial charge in [-0.3, -0.25) is 42.5 Å². The van der Waals surface area contributed by atoms with Crippen LogP contribution in [0.3, 0.4) is 0 Å². The van der Waals surface area contributed by atoms with Gasteiger partial charge in [-0.05, 0) is 171 Å². The minimum Gasteiger partial charge on any atom is -0.507 e. The number of nitrogens with zero attached hydrogens (tertiary/aromatic N) is 12. The predicted octanol–water partition coefficient (Wildman–Crippen LogP) is 21.0. The number of phenolic OH excluding ortho intramolecular Hbond substituents is 2. The van der Waals surface area contributed by atoms with E-state index in [0.717, 1.165) is 22.8 Å². The topological polar surface area (TPSA) is 216 Å². The number of benzene rings is 9. The fourth-order valence-corrected chi connectivity index (χ4v) is 18.1. The van der Waals surface area contributed by atoms with Crippen molar-refractivity contribution in [2.75, 3.05) is 79.3 Å². The Kier molecular flexibility index (Phi) is 26.6. The van der Waals surface area contributed by atoms with Crippen molar-refractivity contribution in [3.63, 3.8) is 0 Å². The van der Waals surface area contributed by atoms with Crippen molar-refractivity contribution in [2.45, 2.75) is 98.2 Å². The van der Waals surface area contributed by atoms with Crippen molar-refractivity contribution in [3.05, 3.63) is 316 Å². The first-order valence-corrected chi connectivity index (χ1v) is 42.1. The first kappa shape index (κ1) is 89.9. The number of rotatable bonds is 15. The average Bonchev–Trinajstić information content (AvgIpc) is 0.734. The summed E-state index contributed by atoms with van der Waals surface area (Å²) >= 11 is 20.5. The van der Waals surface area contributed by atoms with E-state index in [-0.39, 0.29) is 97.6 Å². The average molecular weight is 1750 g/mol. The standard InChI is InChI=1S/C33H31ClFN5O2.2C33H30ClFN4O3/c1-6-30(41)38-13-14-39(20(4)18-38)32-25-16-26(34)23(24-15-21(35)11-12-27(24)36)17-29(25)40(33(42)31(32)37-5)28-10-8-7-9-22(28)19(2)3;1-6-29(41)37-14-15-38(20(4)18-37)32-24-16-25(34)23(22-11-9-13-28(40)30(22)35)17-27(24)39(33(42)31(32)36-5)26-12-8-7-10-21(26)19(2)3;1-6-30(41)37-13-14-38(20(4)18-37)32-25-16-26(34)23(24-15-21(35)11-12-29(24)40)17-28(25)39(33(42)31(32)36-5)27-10-8-7-9-22(27)19(2)3/h6-12,15-17,19-20H,1,13-14,18,36H2,2-4H3;6-13,16-17,19-20,40H,1,14-15,18H2,2-4H3;6-12,15-17,19-20,40H,1,13-14,18H2,2-4H3/t3*20-/m000/s1. The maximum Gasteiger partial charge on any atom is 0.274 e. The molecule has 3 atom stereocenters. The first-order valence-electron chi connectivity index (χ1n) is 41.0. The van der Waals surface area contributed by atoms with E-state index in [1.807, 2.05) is 150 Å². The third kappa shape index (κ3) is 17.0. The van der Waals surface area contributed by atoms with Gasteiger partial charge in [0, 0.05) is 147 Å². The molecule has 21 nitrogen and oxygen atoms in total. The third-order valence-corrected chi connectivity index (χ3v) is 24.3. The van der Waals surface area contributed by atoms with Gasteiger partial charge in [-0.1, -0.05) is 163 Å². The van der Waals surface area contributed by atoms with Gasteiger partial charge in [-0.25, -0.2) is 27.7 Å². The number of aromatic hydroxyl groups is 2. The van der Waals surface area contributed by atoms with Crippen molar-refractivity contribution in [1.82, 2.24) is 28.4 Å². The number of hydrogen-bond acceptors (Lipinski definition) is 12. The molecule has 0 saturated carbocycles. The Morgan fingerprint density at radius 2 is 0.738 bits per heavy atom. The van der Waals surface area contributed by atoms with E-state index in [1.165, 1.54) is 75.9 Å². The number of anilines is 4. The van der Waals surface area contributed by atoms with Crippen LogP contribution in [0, 0.1) is 37.2 Å². The highest BCUT2D eigenvalue weighted by Gasteiger charge is 2.37. The molecule has 9 aromatic carbocycles. The molecule has 6 heterocycles. The molecule has 27 heteroatoms. The van der Waals surface area contributed by atoms with E-state index in [1.54, 1.807) is 55.7 Å². The smallest absolute Gasteiger partial charge is 0.274 e. The van der Waals surface area contributed by atoms with Crippen molar-refractivity contribution in [2.24, 2.45) is 0 Å². The highest BCUT2D eigenvalue weighted by atomic mass is 35.5. The van der Waals surface area contributed by atoms with Gasteiger partial charge in [-0.2, -0.15) is 0 Å². The summed E-state index contributed by atoms with van der Waals surface area (Å²) in [5.74, 6) is -2.85. The minimum absolute atomic E-state index is 0.0366. The van der Waals surface area contributed by atoms with Gasteiger partial charge >= 0.3 is 0 Å². The number of halogens is 6. The Bertz CT molecular complexity index is 6230. The quantitative estimate of drug-likeness (QED) is 0.0496. The molecule has 3 amide bonds. The van der Waals surface area contributed by atoms with Crippen LogP contribution in [0.2, 0.25) is 15.1 Å². The van der Waals surface area contributed by atoms with Gasteiger partial charge in [0.1, 0.15) is 17.4 Å². The van der Waals surface area contributed by atoms with Gasteiger partial charge in [0.05, 0.1) is 70.4 Å². The second kappa shape index (κ2) is 37.3. The maximum atomic E-state index is 15.1. The lowest BCUT2D eigenvalue weighted by molar-refractivity contribution is -0.127. The highest BCUT2D eigenvalue weighted by molar-refractivity contribution is 6.36. The normalized spacial score (nSPS) is 15.2. The van der Waals surface area contributed by atoms with Gasteiger partial charge in [0.25, 0.3) is 33.7 Å². The summed E-state index contributed by atoms with van der Waals surface area (Å²) in [6.07, 6.45) is 3.84. The molecule has 15 rings (SSSR count). The molecule has 3 saturated heterocycles. The Morgan fingerprint density at radius 1 is 0.421 bits per heavy atom. The summed E-state index contributed by atoms with van der Waals surface area (Å²) in [6, 6.07) is 44.0. The summed E-state index contributed by atoms with van der Waals surface area (Å²) in [5, 5.41) is 23.1. The van der Waals surface area contributed by atoms with E-state index < -0.39 is 39.9 Å². The number of carbonyl (C=O) groups is 3. The van der Waals surface area contributed by atoms with E-state index in [2.05, 4.69) is 34.3 Å². The minimum atomic E-state index is -0.829. The number of phenols is 2. The fraction of sp³-hybridized carbons (Fsp3) is 0.242. The van der Waals surface area contributed by atoms with Gasteiger partial charge < -0.3 is 45.3 Å². The van der Waals surface area contributed by atoms with E-state index in [0.29, 0.717) is 159 Å². The molecular formula is C99H91Cl3F3N13O8. The van der Waals surface area contributed by atoms with Crippen molar-refractivity contribution in [3.8, 4) is 61.9 Å². The fourth-order valence-electron chi connectivity index (χ4n) is 17.3. The molecule has 12 aromatic rings. The van der Waals surface area contributed by atoms with Crippen LogP contribution in [-0.2, 0) is 14.4 Å². The zero-order valence-corrected chi connectivity index (χ0v) is 73.1. The van der Waals surface area contributed by atoms with Gasteiger partial charge in [0.2, 0.25) is 17.7 Å². The Morgan fingerprint density at radius 3 is 1.06 bits per heavy atom. The van der Waals surface area contributed by atoms with Crippen LogP contribution < -0.4 is 37.1 Å². The lowest BCUT2D eigenvalue weighted by Crippen LogP contribution is -2.53. The molecule has 3 aromatic heterocycles. The molecule has 3 fully saturated rings. The zero-order valence-electron chi connectivity index (χ0n) is 70.8. The van der Waals surface area contributed by atoms with E-state index in [4.69, 9.17) is 60.3 Å². The highest BCUT2D eigenvalue weighted by Crippen LogP contribution is 2.49. The Balaban J connectivity index is 0.000000162. The Hall–Kier alpha value is -13.8.